The van der Waals surface area contributed by atoms with Crippen LogP contribution in [0.4, 0.5) is 24.1 Å². The van der Waals surface area contributed by atoms with Crippen LogP contribution in [-0.4, -0.2) is 76.4 Å². The van der Waals surface area contributed by atoms with Gasteiger partial charge in [0.25, 0.3) is 0 Å². The van der Waals surface area contributed by atoms with Gasteiger partial charge in [-0.2, -0.15) is 9.97 Å². The molecule has 4 unspecified atom stereocenters. The first-order valence-electron chi connectivity index (χ1n) is 14.4. The van der Waals surface area contributed by atoms with Gasteiger partial charge in [-0.1, -0.05) is 22.9 Å². The minimum absolute atomic E-state index is 0.0428. The summed E-state index contributed by atoms with van der Waals surface area (Å²) in [5, 5.41) is 4.39. The van der Waals surface area contributed by atoms with Gasteiger partial charge in [0.1, 0.15) is 29.9 Å². The fourth-order valence-corrected chi connectivity index (χ4v) is 8.58. The molecule has 4 atom stereocenters. The van der Waals surface area contributed by atoms with Crippen molar-refractivity contribution >= 4 is 55.0 Å². The van der Waals surface area contributed by atoms with Gasteiger partial charge in [-0.3, -0.25) is 4.90 Å². The number of rotatable bonds is 5. The number of aromatic nitrogens is 3. The Hall–Kier alpha value is -2.93. The van der Waals surface area contributed by atoms with Crippen LogP contribution in [0.25, 0.3) is 32.2 Å². The predicted octanol–water partition coefficient (Wildman–Crippen LogP) is 5.32. The summed E-state index contributed by atoms with van der Waals surface area (Å²) in [6.07, 6.45) is 3.45. The van der Waals surface area contributed by atoms with E-state index in [-0.39, 0.29) is 44.1 Å². The van der Waals surface area contributed by atoms with Crippen LogP contribution >= 0.6 is 22.9 Å². The molecule has 2 aromatic heterocycles. The molecule has 4 aliphatic heterocycles. The van der Waals surface area contributed by atoms with Crippen molar-refractivity contribution < 1.29 is 17.9 Å². The molecule has 8 nitrogen and oxygen atoms in total. The Balaban J connectivity index is 1.27. The summed E-state index contributed by atoms with van der Waals surface area (Å²) < 4.78 is 52.1. The quantitative estimate of drug-likeness (QED) is 0.312. The molecular weight excluding hydrogens is 587 g/mol. The highest BCUT2D eigenvalue weighted by Crippen LogP contribution is 2.44. The van der Waals surface area contributed by atoms with Crippen molar-refractivity contribution in [2.75, 3.05) is 43.4 Å². The molecule has 3 N–H and O–H groups in total. The topological polar surface area (TPSA) is 92.4 Å². The number of nitrogens with two attached hydrogens (primary N) is 1. The first-order valence-corrected chi connectivity index (χ1v) is 15.5. The fraction of sp³-hybridized carbons (Fsp3) is 0.483. The number of halogens is 4. The fourth-order valence-electron chi connectivity index (χ4n) is 7.52. The third kappa shape index (κ3) is 4.21. The number of benzene rings is 2. The van der Waals surface area contributed by atoms with E-state index >= 15 is 4.39 Å². The molecule has 0 radical (unpaired) electrons. The summed E-state index contributed by atoms with van der Waals surface area (Å²) >= 11 is 7.78. The zero-order valence-corrected chi connectivity index (χ0v) is 24.2. The predicted molar refractivity (Wildman–Crippen MR) is 158 cm³/mol. The van der Waals surface area contributed by atoms with E-state index in [4.69, 9.17) is 27.1 Å². The second kappa shape index (κ2) is 9.80. The largest absolute Gasteiger partial charge is 0.461 e. The van der Waals surface area contributed by atoms with Crippen LogP contribution < -0.4 is 20.7 Å². The molecule has 4 aromatic rings. The molecule has 2 aromatic carbocycles. The van der Waals surface area contributed by atoms with E-state index in [2.05, 4.69) is 25.1 Å². The molecule has 4 fully saturated rings. The number of nitrogens with zero attached hydrogens (tertiary/aromatic N) is 5. The van der Waals surface area contributed by atoms with Gasteiger partial charge in [-0.05, 0) is 50.4 Å². The lowest BCUT2D eigenvalue weighted by Gasteiger charge is -2.34. The molecule has 8 rings (SSSR count). The molecule has 0 saturated carbocycles. The van der Waals surface area contributed by atoms with Crippen LogP contribution in [0.2, 0.25) is 5.02 Å². The van der Waals surface area contributed by atoms with Gasteiger partial charge in [0.15, 0.2) is 10.9 Å². The van der Waals surface area contributed by atoms with Crippen LogP contribution in [0.1, 0.15) is 32.1 Å². The van der Waals surface area contributed by atoms with Crippen molar-refractivity contribution in [1.82, 2.24) is 25.2 Å². The Morgan fingerprint density at radius 3 is 2.74 bits per heavy atom. The molecule has 0 spiro atoms. The van der Waals surface area contributed by atoms with E-state index < -0.39 is 23.3 Å². The van der Waals surface area contributed by atoms with E-state index in [0.717, 1.165) is 43.6 Å². The summed E-state index contributed by atoms with van der Waals surface area (Å²) in [6, 6.07) is 5.06. The van der Waals surface area contributed by atoms with Gasteiger partial charge < -0.3 is 20.7 Å². The average molecular weight is 616 g/mol. The minimum Gasteiger partial charge on any atom is -0.461 e. The molecule has 13 heteroatoms. The molecular formula is C29H29ClF3N7OS. The molecule has 4 saturated heterocycles. The van der Waals surface area contributed by atoms with Crippen molar-refractivity contribution in [1.29, 1.82) is 0 Å². The average Bonchev–Trinajstić information content (AvgIpc) is 3.70. The third-order valence-electron chi connectivity index (χ3n) is 9.37. The second-order valence-corrected chi connectivity index (χ2v) is 13.4. The lowest BCUT2D eigenvalue weighted by Crippen LogP contribution is -2.51. The van der Waals surface area contributed by atoms with E-state index in [1.54, 1.807) is 6.07 Å². The Kier molecular flexibility index (Phi) is 6.22. The zero-order valence-electron chi connectivity index (χ0n) is 22.7. The lowest BCUT2D eigenvalue weighted by molar-refractivity contribution is 0.107. The first kappa shape index (κ1) is 26.7. The summed E-state index contributed by atoms with van der Waals surface area (Å²) in [7, 11) is 0. The summed E-state index contributed by atoms with van der Waals surface area (Å²) in [4.78, 5) is 18.0. The van der Waals surface area contributed by atoms with Crippen molar-refractivity contribution in [2.45, 2.75) is 55.9 Å². The van der Waals surface area contributed by atoms with Crippen molar-refractivity contribution in [2.24, 2.45) is 0 Å². The standard InChI is InChI=1S/C29H29ClF3N7OS/c30-19-8-18-23(22(33)21(19)17-4-5-20(32)25-24(17)36-27(34)42-25)37-28(38-26(18)39-11-15-2-3-16(12-39)35-15)41-13-29-6-1-7-40(29)10-14(31)9-29/h4-5,8,14-16,35H,1-3,6-7,9-13H2,(H2,34,36). The molecule has 2 bridgehead atoms. The van der Waals surface area contributed by atoms with Crippen LogP contribution in [0.5, 0.6) is 6.01 Å². The monoisotopic (exact) mass is 615 g/mol. The molecule has 4 aliphatic rings. The summed E-state index contributed by atoms with van der Waals surface area (Å²) in [5.74, 6) is -0.607. The zero-order chi connectivity index (χ0) is 28.7. The van der Waals surface area contributed by atoms with Crippen molar-refractivity contribution in [3.8, 4) is 17.1 Å². The van der Waals surface area contributed by atoms with Gasteiger partial charge in [-0.15, -0.1) is 0 Å². The normalized spacial score (nSPS) is 27.4. The lowest BCUT2D eigenvalue weighted by atomic mass is 9.95. The van der Waals surface area contributed by atoms with Gasteiger partial charge in [0, 0.05) is 54.7 Å². The maximum atomic E-state index is 16.7. The van der Waals surface area contributed by atoms with Gasteiger partial charge in [-0.25, -0.2) is 18.2 Å². The highest BCUT2D eigenvalue weighted by molar-refractivity contribution is 7.22. The first-order chi connectivity index (χ1) is 20.3. The number of hydrogen-bond donors (Lipinski definition) is 2. The molecule has 0 amide bonds. The van der Waals surface area contributed by atoms with Gasteiger partial charge in [0.05, 0.1) is 20.8 Å². The number of piperazine rings is 1. The number of hydrogen-bond acceptors (Lipinski definition) is 9. The number of thiazole rings is 1. The Morgan fingerprint density at radius 2 is 1.93 bits per heavy atom. The van der Waals surface area contributed by atoms with E-state index in [1.807, 2.05) is 0 Å². The number of anilines is 2. The maximum Gasteiger partial charge on any atom is 0.319 e. The molecule has 220 valence electrons. The minimum atomic E-state index is -0.896. The second-order valence-electron chi connectivity index (χ2n) is 12.0. The number of nitrogen functional groups attached to an aromatic ring is 1. The SMILES string of the molecule is Nc1nc2c(-c3c(Cl)cc4c(N5CC6CCC(C5)N6)nc(OCC56CCCN5CC(F)C6)nc4c3F)ccc(F)c2s1. The van der Waals surface area contributed by atoms with Crippen LogP contribution in [0.3, 0.4) is 0 Å². The van der Waals surface area contributed by atoms with Crippen molar-refractivity contribution in [3.05, 3.63) is 34.9 Å². The van der Waals surface area contributed by atoms with Crippen LogP contribution in [-0.2, 0) is 0 Å². The molecule has 6 heterocycles. The van der Waals surface area contributed by atoms with Crippen LogP contribution in [0.15, 0.2) is 18.2 Å². The van der Waals surface area contributed by atoms with Crippen LogP contribution in [0, 0.1) is 11.6 Å². The highest BCUT2D eigenvalue weighted by atomic mass is 35.5. The Morgan fingerprint density at radius 1 is 1.12 bits per heavy atom. The maximum absolute atomic E-state index is 16.7. The van der Waals surface area contributed by atoms with Gasteiger partial charge >= 0.3 is 6.01 Å². The smallest absolute Gasteiger partial charge is 0.319 e. The number of alkyl halides is 1. The Bertz CT molecular complexity index is 1730. The van der Waals surface area contributed by atoms with E-state index in [9.17, 15) is 8.78 Å². The number of ether oxygens (including phenoxy) is 1. The number of nitrogens with one attached hydrogen (secondary N) is 1. The summed E-state index contributed by atoms with van der Waals surface area (Å²) in [5.41, 5.74) is 6.17. The Labute approximate surface area is 249 Å². The third-order valence-corrected chi connectivity index (χ3v) is 10.6. The van der Waals surface area contributed by atoms with Crippen molar-refractivity contribution in [3.63, 3.8) is 0 Å². The summed E-state index contributed by atoms with van der Waals surface area (Å²) in [6.45, 7) is 2.88. The highest BCUT2D eigenvalue weighted by Gasteiger charge is 2.49. The molecule has 0 aliphatic carbocycles. The number of fused-ring (bicyclic) bond motifs is 5. The van der Waals surface area contributed by atoms with Gasteiger partial charge in [0.2, 0.25) is 0 Å². The van der Waals surface area contributed by atoms with E-state index in [0.29, 0.717) is 54.9 Å². The van der Waals surface area contributed by atoms with E-state index in [1.165, 1.54) is 12.1 Å². The molecule has 42 heavy (non-hydrogen) atoms.